The average molecular weight is 243 g/mol. The van der Waals surface area contributed by atoms with E-state index in [4.69, 9.17) is 10.5 Å². The predicted octanol–water partition coefficient (Wildman–Crippen LogP) is 2.58. The van der Waals surface area contributed by atoms with E-state index in [9.17, 15) is 4.39 Å². The van der Waals surface area contributed by atoms with E-state index in [1.165, 1.54) is 18.2 Å². The zero-order valence-electron chi connectivity index (χ0n) is 10.1. The zero-order valence-corrected chi connectivity index (χ0v) is 10.1. The van der Waals surface area contributed by atoms with Crippen LogP contribution in [0.5, 0.6) is 0 Å². The normalized spacial score (nSPS) is 20.1. The molecule has 18 heavy (non-hydrogen) atoms. The molecule has 1 unspecified atom stereocenters. The van der Waals surface area contributed by atoms with Crippen LogP contribution in [0.25, 0.3) is 0 Å². The van der Waals surface area contributed by atoms with Crippen molar-refractivity contribution in [2.24, 2.45) is 0 Å². The van der Waals surface area contributed by atoms with Gasteiger partial charge < -0.3 is 0 Å². The molecular formula is C14H14FN3. The monoisotopic (exact) mass is 243 g/mol. The summed E-state index contributed by atoms with van der Waals surface area (Å²) in [6.45, 7) is 1.30. The largest absolute Gasteiger partial charge is 0.284 e. The molecule has 1 fully saturated rings. The van der Waals surface area contributed by atoms with Crippen LogP contribution in [0.1, 0.15) is 30.4 Å². The first kappa shape index (κ1) is 12.5. The second kappa shape index (κ2) is 5.62. The fraction of sp³-hybridized carbons (Fsp3) is 0.429. The summed E-state index contributed by atoms with van der Waals surface area (Å²) >= 11 is 0. The third-order valence-electron chi connectivity index (χ3n) is 3.32. The first-order valence-corrected chi connectivity index (χ1v) is 6.07. The van der Waals surface area contributed by atoms with Crippen molar-refractivity contribution in [1.82, 2.24) is 4.90 Å². The molecule has 0 aromatic heterocycles. The first-order chi connectivity index (χ1) is 8.74. The molecule has 0 spiro atoms. The molecule has 92 valence electrons. The second-order valence-electron chi connectivity index (χ2n) is 4.52. The molecule has 1 aromatic carbocycles. The van der Waals surface area contributed by atoms with Crippen LogP contribution in [0.2, 0.25) is 0 Å². The van der Waals surface area contributed by atoms with Crippen molar-refractivity contribution >= 4 is 0 Å². The van der Waals surface area contributed by atoms with Crippen molar-refractivity contribution in [2.75, 3.05) is 6.54 Å². The molecule has 1 aromatic rings. The highest BCUT2D eigenvalue weighted by atomic mass is 19.1. The summed E-state index contributed by atoms with van der Waals surface area (Å²) in [6.07, 6.45) is 2.96. The number of likely N-dealkylation sites (tertiary alicyclic amines) is 1. The van der Waals surface area contributed by atoms with Gasteiger partial charge in [-0.15, -0.1) is 0 Å². The van der Waals surface area contributed by atoms with Gasteiger partial charge in [-0.2, -0.15) is 10.5 Å². The molecule has 0 saturated carbocycles. The summed E-state index contributed by atoms with van der Waals surface area (Å²) in [6, 6.07) is 8.41. The Hall–Kier alpha value is -1.91. The fourth-order valence-electron chi connectivity index (χ4n) is 2.35. The Labute approximate surface area is 106 Å². The van der Waals surface area contributed by atoms with E-state index in [1.807, 2.05) is 4.90 Å². The van der Waals surface area contributed by atoms with Crippen LogP contribution < -0.4 is 0 Å². The molecular weight excluding hydrogens is 229 g/mol. The van der Waals surface area contributed by atoms with Crippen LogP contribution in [0.4, 0.5) is 4.39 Å². The fourth-order valence-corrected chi connectivity index (χ4v) is 2.35. The van der Waals surface area contributed by atoms with Crippen molar-refractivity contribution in [2.45, 2.75) is 31.8 Å². The Kier molecular flexibility index (Phi) is 3.92. The molecule has 3 nitrogen and oxygen atoms in total. The number of hydrogen-bond acceptors (Lipinski definition) is 3. The van der Waals surface area contributed by atoms with Crippen molar-refractivity contribution in [3.8, 4) is 12.1 Å². The van der Waals surface area contributed by atoms with Gasteiger partial charge in [-0.05, 0) is 49.6 Å². The molecule has 0 amide bonds. The molecule has 1 saturated heterocycles. The summed E-state index contributed by atoms with van der Waals surface area (Å²) in [7, 11) is 0. The standard InChI is InChI=1S/C14H14FN3/c15-13-5-4-11(8-16)12(7-13)10-18-6-2-1-3-14(18)9-17/h4-5,7,14H,1-3,6,10H2. The van der Waals surface area contributed by atoms with E-state index >= 15 is 0 Å². The highest BCUT2D eigenvalue weighted by molar-refractivity contribution is 5.37. The van der Waals surface area contributed by atoms with Crippen LogP contribution in [-0.4, -0.2) is 17.5 Å². The topological polar surface area (TPSA) is 50.8 Å². The lowest BCUT2D eigenvalue weighted by molar-refractivity contribution is 0.176. The van der Waals surface area contributed by atoms with Gasteiger partial charge in [-0.3, -0.25) is 4.90 Å². The summed E-state index contributed by atoms with van der Waals surface area (Å²) in [5.74, 6) is -0.338. The maximum Gasteiger partial charge on any atom is 0.123 e. The smallest absolute Gasteiger partial charge is 0.123 e. The molecule has 1 heterocycles. The summed E-state index contributed by atoms with van der Waals surface area (Å²) in [5.41, 5.74) is 1.15. The Morgan fingerprint density at radius 1 is 1.33 bits per heavy atom. The minimum atomic E-state index is -0.338. The van der Waals surface area contributed by atoms with Gasteiger partial charge in [0.15, 0.2) is 0 Å². The minimum absolute atomic E-state index is 0.117. The molecule has 0 aliphatic carbocycles. The van der Waals surface area contributed by atoms with Crippen LogP contribution in [0, 0.1) is 28.5 Å². The first-order valence-electron chi connectivity index (χ1n) is 6.07. The number of halogens is 1. The third-order valence-corrected chi connectivity index (χ3v) is 3.32. The number of nitrogens with zero attached hydrogens (tertiary/aromatic N) is 3. The number of piperidine rings is 1. The Morgan fingerprint density at radius 3 is 2.89 bits per heavy atom. The van der Waals surface area contributed by atoms with E-state index in [0.29, 0.717) is 17.7 Å². The zero-order chi connectivity index (χ0) is 13.0. The predicted molar refractivity (Wildman–Crippen MR) is 64.8 cm³/mol. The van der Waals surface area contributed by atoms with Gasteiger partial charge >= 0.3 is 0 Å². The van der Waals surface area contributed by atoms with Gasteiger partial charge in [0.05, 0.1) is 23.7 Å². The maximum atomic E-state index is 13.2. The molecule has 1 atom stereocenters. The van der Waals surface area contributed by atoms with Crippen LogP contribution in [-0.2, 0) is 6.54 Å². The molecule has 1 aliphatic heterocycles. The van der Waals surface area contributed by atoms with Crippen LogP contribution in [0.3, 0.4) is 0 Å². The molecule has 4 heteroatoms. The summed E-state index contributed by atoms with van der Waals surface area (Å²) in [5, 5.41) is 18.1. The molecule has 0 bridgehead atoms. The maximum absolute atomic E-state index is 13.2. The number of nitriles is 2. The number of rotatable bonds is 2. The molecule has 1 aliphatic rings. The average Bonchev–Trinajstić information content (AvgIpc) is 2.40. The molecule has 2 rings (SSSR count). The van der Waals surface area contributed by atoms with E-state index in [1.54, 1.807) is 0 Å². The second-order valence-corrected chi connectivity index (χ2v) is 4.52. The van der Waals surface area contributed by atoms with Crippen molar-refractivity contribution in [3.63, 3.8) is 0 Å². The third kappa shape index (κ3) is 2.67. The number of hydrogen-bond donors (Lipinski definition) is 0. The van der Waals surface area contributed by atoms with Gasteiger partial charge in [0, 0.05) is 6.54 Å². The van der Waals surface area contributed by atoms with Crippen molar-refractivity contribution in [1.29, 1.82) is 10.5 Å². The van der Waals surface area contributed by atoms with Crippen LogP contribution in [0.15, 0.2) is 18.2 Å². The Bertz CT molecular complexity index is 513. The molecule has 0 N–H and O–H groups in total. The SMILES string of the molecule is N#Cc1ccc(F)cc1CN1CCCCC1C#N. The lowest BCUT2D eigenvalue weighted by Crippen LogP contribution is -2.38. The molecule has 0 radical (unpaired) electrons. The van der Waals surface area contributed by atoms with E-state index in [-0.39, 0.29) is 11.9 Å². The van der Waals surface area contributed by atoms with Gasteiger partial charge in [0.1, 0.15) is 5.82 Å². The lowest BCUT2D eigenvalue weighted by Gasteiger charge is -2.31. The van der Waals surface area contributed by atoms with E-state index < -0.39 is 0 Å². The van der Waals surface area contributed by atoms with E-state index in [0.717, 1.165) is 25.8 Å². The van der Waals surface area contributed by atoms with Gasteiger partial charge in [-0.25, -0.2) is 4.39 Å². The quantitative estimate of drug-likeness (QED) is 0.802. The Balaban J connectivity index is 2.20. The summed E-state index contributed by atoms with van der Waals surface area (Å²) in [4.78, 5) is 2.03. The minimum Gasteiger partial charge on any atom is -0.284 e. The lowest BCUT2D eigenvalue weighted by atomic mass is 10.0. The van der Waals surface area contributed by atoms with E-state index in [2.05, 4.69) is 12.1 Å². The van der Waals surface area contributed by atoms with Crippen molar-refractivity contribution in [3.05, 3.63) is 35.1 Å². The number of benzene rings is 1. The van der Waals surface area contributed by atoms with Crippen LogP contribution >= 0.6 is 0 Å². The van der Waals surface area contributed by atoms with Gasteiger partial charge in [0.2, 0.25) is 0 Å². The highest BCUT2D eigenvalue weighted by Gasteiger charge is 2.22. The highest BCUT2D eigenvalue weighted by Crippen LogP contribution is 2.21. The Morgan fingerprint density at radius 2 is 2.17 bits per heavy atom. The van der Waals surface area contributed by atoms with Gasteiger partial charge in [0.25, 0.3) is 0 Å². The van der Waals surface area contributed by atoms with Crippen molar-refractivity contribution < 1.29 is 4.39 Å². The van der Waals surface area contributed by atoms with Gasteiger partial charge in [-0.1, -0.05) is 0 Å². The summed E-state index contributed by atoms with van der Waals surface area (Å²) < 4.78 is 13.2.